The molecule has 24 heavy (non-hydrogen) atoms. The molecule has 3 rings (SSSR count). The molecule has 7 nitrogen and oxygen atoms in total. The van der Waals surface area contributed by atoms with Gasteiger partial charge in [-0.05, 0) is 31.7 Å². The van der Waals surface area contributed by atoms with E-state index in [-0.39, 0.29) is 0 Å². The topological polar surface area (TPSA) is 76.8 Å². The van der Waals surface area contributed by atoms with Crippen molar-refractivity contribution in [2.75, 3.05) is 20.3 Å². The molecule has 0 unspecified atom stereocenters. The van der Waals surface area contributed by atoms with E-state index >= 15 is 0 Å². The molecular weight excluding hydrogens is 310 g/mol. The van der Waals surface area contributed by atoms with Gasteiger partial charge in [-0.25, -0.2) is 4.98 Å². The molecule has 1 N–H and O–H groups in total. The van der Waals surface area contributed by atoms with Gasteiger partial charge in [0.2, 0.25) is 0 Å². The van der Waals surface area contributed by atoms with Crippen LogP contribution in [-0.4, -0.2) is 45.8 Å². The molecule has 1 aliphatic rings. The maximum atomic E-state index is 11.9. The van der Waals surface area contributed by atoms with Crippen molar-refractivity contribution in [3.05, 3.63) is 42.0 Å². The lowest BCUT2D eigenvalue weighted by Gasteiger charge is -2.26. The van der Waals surface area contributed by atoms with Crippen LogP contribution >= 0.6 is 0 Å². The van der Waals surface area contributed by atoms with E-state index < -0.39 is 12.0 Å². The minimum Gasteiger partial charge on any atom is -0.486 e. The molecule has 7 heteroatoms. The van der Waals surface area contributed by atoms with Crippen LogP contribution in [0.2, 0.25) is 0 Å². The number of aryl methyl sites for hydroxylation is 1. The number of carboxylic acid groups (broad SMARTS) is 1. The minimum absolute atomic E-state index is 0.437. The zero-order valence-electron chi connectivity index (χ0n) is 13.8. The Bertz CT molecular complexity index is 728. The number of ether oxygens (including phenoxy) is 2. The van der Waals surface area contributed by atoms with Gasteiger partial charge in [0, 0.05) is 18.9 Å². The van der Waals surface area contributed by atoms with Crippen LogP contribution < -0.4 is 9.47 Å². The first-order valence-corrected chi connectivity index (χ1v) is 7.92. The smallest absolute Gasteiger partial charge is 0.325 e. The summed E-state index contributed by atoms with van der Waals surface area (Å²) in [6, 6.07) is 4.49. The summed E-state index contributed by atoms with van der Waals surface area (Å²) in [4.78, 5) is 17.9. The number of carboxylic acids is 1. The number of benzene rings is 1. The molecule has 2 aromatic rings. The summed E-state index contributed by atoms with van der Waals surface area (Å²) in [6.45, 7) is 4.24. The van der Waals surface area contributed by atoms with Crippen molar-refractivity contribution in [3.8, 4) is 11.5 Å². The average Bonchev–Trinajstić information content (AvgIpc) is 3.01. The van der Waals surface area contributed by atoms with Gasteiger partial charge >= 0.3 is 5.97 Å². The molecule has 0 saturated carbocycles. The van der Waals surface area contributed by atoms with Gasteiger partial charge in [0.1, 0.15) is 25.1 Å². The molecule has 0 bridgehead atoms. The number of likely N-dealkylation sites (N-methyl/N-ethyl adjacent to an activating group) is 1. The monoisotopic (exact) mass is 331 g/mol. The lowest BCUT2D eigenvalue weighted by atomic mass is 10.0. The fraction of sp³-hybridized carbons (Fsp3) is 0.412. The summed E-state index contributed by atoms with van der Waals surface area (Å²) in [5.74, 6) is 1.17. The van der Waals surface area contributed by atoms with E-state index in [9.17, 15) is 9.90 Å². The molecule has 0 fully saturated rings. The SMILES string of the molecule is CCn1ccnc1CN(C)[C@H](C(=O)O)c1ccc2c(c1)OCCO2. The predicted octanol–water partition coefficient (Wildman–Crippen LogP) is 1.93. The molecular formula is C17H21N3O4. The first kappa shape index (κ1) is 16.3. The number of aromatic nitrogens is 2. The third-order valence-electron chi connectivity index (χ3n) is 4.09. The quantitative estimate of drug-likeness (QED) is 0.871. The molecule has 128 valence electrons. The number of nitrogens with zero attached hydrogens (tertiary/aromatic N) is 3. The zero-order chi connectivity index (χ0) is 17.1. The van der Waals surface area contributed by atoms with Gasteiger partial charge in [-0.3, -0.25) is 9.69 Å². The van der Waals surface area contributed by atoms with Crippen LogP contribution in [0, 0.1) is 0 Å². The third-order valence-corrected chi connectivity index (χ3v) is 4.09. The normalized spacial score (nSPS) is 14.6. The number of hydrogen-bond acceptors (Lipinski definition) is 5. The maximum absolute atomic E-state index is 11.9. The van der Waals surface area contributed by atoms with Crippen molar-refractivity contribution in [1.29, 1.82) is 0 Å². The highest BCUT2D eigenvalue weighted by Crippen LogP contribution is 2.34. The van der Waals surface area contributed by atoms with Crippen LogP contribution in [0.5, 0.6) is 11.5 Å². The highest BCUT2D eigenvalue weighted by Gasteiger charge is 2.27. The van der Waals surface area contributed by atoms with Crippen LogP contribution in [0.4, 0.5) is 0 Å². The Labute approximate surface area is 140 Å². The summed E-state index contributed by atoms with van der Waals surface area (Å²) in [6.07, 6.45) is 3.62. The molecule has 2 heterocycles. The second-order valence-corrected chi connectivity index (χ2v) is 5.69. The highest BCUT2D eigenvalue weighted by molar-refractivity contribution is 5.76. The third kappa shape index (κ3) is 3.21. The number of hydrogen-bond donors (Lipinski definition) is 1. The second-order valence-electron chi connectivity index (χ2n) is 5.69. The number of rotatable bonds is 6. The molecule has 0 aliphatic carbocycles. The minimum atomic E-state index is -0.913. The van der Waals surface area contributed by atoms with Crippen molar-refractivity contribution in [2.24, 2.45) is 0 Å². The van der Waals surface area contributed by atoms with Crippen molar-refractivity contribution in [3.63, 3.8) is 0 Å². The molecule has 0 saturated heterocycles. The van der Waals surface area contributed by atoms with Gasteiger partial charge in [-0.15, -0.1) is 0 Å². The predicted molar refractivity (Wildman–Crippen MR) is 87.2 cm³/mol. The molecule has 1 aliphatic heterocycles. The fourth-order valence-electron chi connectivity index (χ4n) is 2.91. The van der Waals surface area contributed by atoms with E-state index in [0.29, 0.717) is 36.8 Å². The lowest BCUT2D eigenvalue weighted by Crippen LogP contribution is -2.31. The van der Waals surface area contributed by atoms with Crippen LogP contribution in [0.15, 0.2) is 30.6 Å². The number of carbonyl (C=O) groups is 1. The van der Waals surface area contributed by atoms with Crippen LogP contribution in [0.25, 0.3) is 0 Å². The fourth-order valence-corrected chi connectivity index (χ4v) is 2.91. The van der Waals surface area contributed by atoms with E-state index in [2.05, 4.69) is 4.98 Å². The molecule has 0 amide bonds. The summed E-state index contributed by atoms with van der Waals surface area (Å²) < 4.78 is 13.1. The van der Waals surface area contributed by atoms with Crippen molar-refractivity contribution >= 4 is 5.97 Å². The Morgan fingerprint density at radius 1 is 1.38 bits per heavy atom. The Balaban J connectivity index is 1.85. The number of aliphatic carboxylic acids is 1. The van der Waals surface area contributed by atoms with Crippen molar-refractivity contribution in [1.82, 2.24) is 14.5 Å². The summed E-state index contributed by atoms with van der Waals surface area (Å²) in [5.41, 5.74) is 0.656. The Morgan fingerprint density at radius 3 is 2.83 bits per heavy atom. The number of fused-ring (bicyclic) bond motifs is 1. The van der Waals surface area contributed by atoms with Gasteiger partial charge < -0.3 is 19.1 Å². The van der Waals surface area contributed by atoms with Gasteiger partial charge in [0.25, 0.3) is 0 Å². The summed E-state index contributed by atoms with van der Waals surface area (Å²) >= 11 is 0. The largest absolute Gasteiger partial charge is 0.486 e. The van der Waals surface area contributed by atoms with Gasteiger partial charge in [-0.1, -0.05) is 6.07 Å². The average molecular weight is 331 g/mol. The van der Waals surface area contributed by atoms with Gasteiger partial charge in [-0.2, -0.15) is 0 Å². The van der Waals surface area contributed by atoms with E-state index in [0.717, 1.165) is 12.4 Å². The zero-order valence-corrected chi connectivity index (χ0v) is 13.8. The van der Waals surface area contributed by atoms with E-state index in [1.807, 2.05) is 17.7 Å². The van der Waals surface area contributed by atoms with E-state index in [1.54, 1.807) is 36.3 Å². The molecule has 1 atom stereocenters. The Hall–Kier alpha value is -2.54. The summed E-state index contributed by atoms with van der Waals surface area (Å²) in [5, 5.41) is 9.72. The molecule has 1 aromatic heterocycles. The Kier molecular flexibility index (Phi) is 4.71. The highest BCUT2D eigenvalue weighted by atomic mass is 16.6. The standard InChI is InChI=1S/C17H21N3O4/c1-3-20-7-6-18-15(20)11-19(2)16(17(21)22)12-4-5-13-14(10-12)24-9-8-23-13/h4-7,10,16H,3,8-9,11H2,1-2H3,(H,21,22)/t16-/m0/s1. The van der Waals surface area contributed by atoms with E-state index in [1.165, 1.54) is 0 Å². The van der Waals surface area contributed by atoms with E-state index in [4.69, 9.17) is 9.47 Å². The van der Waals surface area contributed by atoms with Crippen LogP contribution in [0.3, 0.4) is 0 Å². The van der Waals surface area contributed by atoms with Crippen molar-refractivity contribution in [2.45, 2.75) is 26.1 Å². The molecule has 1 aromatic carbocycles. The van der Waals surface area contributed by atoms with Crippen molar-refractivity contribution < 1.29 is 19.4 Å². The summed E-state index contributed by atoms with van der Waals surface area (Å²) in [7, 11) is 1.78. The van der Waals surface area contributed by atoms with Gasteiger partial charge in [0.15, 0.2) is 11.5 Å². The lowest BCUT2D eigenvalue weighted by molar-refractivity contribution is -0.143. The first-order chi connectivity index (χ1) is 11.6. The maximum Gasteiger partial charge on any atom is 0.325 e. The van der Waals surface area contributed by atoms with Crippen LogP contribution in [-0.2, 0) is 17.9 Å². The first-order valence-electron chi connectivity index (χ1n) is 7.92. The molecule has 0 radical (unpaired) electrons. The van der Waals surface area contributed by atoms with Crippen LogP contribution in [0.1, 0.15) is 24.4 Å². The Morgan fingerprint density at radius 2 is 2.12 bits per heavy atom. The second kappa shape index (κ2) is 6.92. The van der Waals surface area contributed by atoms with Gasteiger partial charge in [0.05, 0.1) is 6.54 Å². The molecule has 0 spiro atoms. The number of imidazole rings is 1.